The van der Waals surface area contributed by atoms with Gasteiger partial charge in [-0.05, 0) is 19.1 Å². The molecule has 0 fully saturated rings. The van der Waals surface area contributed by atoms with Crippen molar-refractivity contribution in [1.82, 2.24) is 9.97 Å². The Morgan fingerprint density at radius 2 is 1.90 bits per heavy atom. The number of anilines is 2. The lowest BCUT2D eigenvalue weighted by molar-refractivity contribution is 0.276. The normalized spacial score (nSPS) is 10.8. The van der Waals surface area contributed by atoms with Crippen molar-refractivity contribution < 1.29 is 5.11 Å². The molecule has 0 saturated heterocycles. The van der Waals surface area contributed by atoms with E-state index in [1.165, 1.54) is 0 Å². The van der Waals surface area contributed by atoms with Crippen LogP contribution >= 0.6 is 0 Å². The van der Waals surface area contributed by atoms with Crippen molar-refractivity contribution in [1.29, 1.82) is 0 Å². The van der Waals surface area contributed by atoms with Crippen LogP contribution in [0.25, 0.3) is 0 Å². The molecule has 106 valence electrons. The Hall–Kier alpha value is -1.94. The van der Waals surface area contributed by atoms with E-state index in [2.05, 4.69) is 21.8 Å². The lowest BCUT2D eigenvalue weighted by Gasteiger charge is -2.25. The highest BCUT2D eigenvalue weighted by molar-refractivity contribution is 5.64. The average Bonchev–Trinajstić information content (AvgIpc) is 2.49. The molecule has 0 bridgehead atoms. The largest absolute Gasteiger partial charge is 0.390 e. The van der Waals surface area contributed by atoms with E-state index in [0.717, 1.165) is 23.7 Å². The SMILES string of the molecule is CCN(c1ccccc1)c1cnc(C(C)C)nc1CO. The molecule has 0 radical (unpaired) electrons. The van der Waals surface area contributed by atoms with Crippen LogP contribution in [-0.2, 0) is 6.61 Å². The Balaban J connectivity index is 2.44. The molecule has 0 spiro atoms. The van der Waals surface area contributed by atoms with Gasteiger partial charge in [0.15, 0.2) is 0 Å². The van der Waals surface area contributed by atoms with E-state index >= 15 is 0 Å². The number of benzene rings is 1. The van der Waals surface area contributed by atoms with Gasteiger partial charge in [0.1, 0.15) is 5.82 Å². The fourth-order valence-electron chi connectivity index (χ4n) is 2.15. The van der Waals surface area contributed by atoms with E-state index < -0.39 is 0 Å². The molecule has 0 aliphatic carbocycles. The molecule has 1 aromatic heterocycles. The minimum atomic E-state index is -0.0824. The second kappa shape index (κ2) is 6.48. The van der Waals surface area contributed by atoms with E-state index in [-0.39, 0.29) is 12.5 Å². The standard InChI is InChI=1S/C16H21N3O/c1-4-19(13-8-6-5-7-9-13)15-10-17-16(12(2)3)18-14(15)11-20/h5-10,12,20H,4,11H2,1-3H3. The van der Waals surface area contributed by atoms with Gasteiger partial charge in [0.05, 0.1) is 24.2 Å². The first-order chi connectivity index (χ1) is 9.67. The van der Waals surface area contributed by atoms with Gasteiger partial charge < -0.3 is 10.0 Å². The fraction of sp³-hybridized carbons (Fsp3) is 0.375. The first-order valence-corrected chi connectivity index (χ1v) is 6.96. The minimum Gasteiger partial charge on any atom is -0.390 e. The summed E-state index contributed by atoms with van der Waals surface area (Å²) in [5.41, 5.74) is 2.62. The van der Waals surface area contributed by atoms with Crippen LogP contribution in [0.15, 0.2) is 36.5 Å². The van der Waals surface area contributed by atoms with E-state index in [0.29, 0.717) is 5.69 Å². The Labute approximate surface area is 120 Å². The van der Waals surface area contributed by atoms with Crippen molar-refractivity contribution in [2.24, 2.45) is 0 Å². The topological polar surface area (TPSA) is 49.2 Å². The van der Waals surface area contributed by atoms with Crippen LogP contribution in [-0.4, -0.2) is 21.6 Å². The Morgan fingerprint density at radius 1 is 1.20 bits per heavy atom. The maximum Gasteiger partial charge on any atom is 0.131 e. The van der Waals surface area contributed by atoms with Gasteiger partial charge in [0, 0.05) is 18.2 Å². The molecule has 0 aliphatic heterocycles. The van der Waals surface area contributed by atoms with Crippen LogP contribution in [0.3, 0.4) is 0 Å². The zero-order valence-electron chi connectivity index (χ0n) is 12.2. The summed E-state index contributed by atoms with van der Waals surface area (Å²) in [5.74, 6) is 1.02. The van der Waals surface area contributed by atoms with Gasteiger partial charge in [-0.25, -0.2) is 9.97 Å². The van der Waals surface area contributed by atoms with Crippen LogP contribution < -0.4 is 4.90 Å². The third-order valence-corrected chi connectivity index (χ3v) is 3.21. The van der Waals surface area contributed by atoms with Crippen molar-refractivity contribution in [2.75, 3.05) is 11.4 Å². The molecule has 0 unspecified atom stereocenters. The van der Waals surface area contributed by atoms with Crippen LogP contribution in [0, 0.1) is 0 Å². The smallest absolute Gasteiger partial charge is 0.131 e. The molecule has 0 amide bonds. The quantitative estimate of drug-likeness (QED) is 0.907. The number of aromatic nitrogens is 2. The summed E-state index contributed by atoms with van der Waals surface area (Å²) in [6, 6.07) is 10.1. The van der Waals surface area contributed by atoms with Crippen LogP contribution in [0.5, 0.6) is 0 Å². The molecular formula is C16H21N3O. The van der Waals surface area contributed by atoms with Gasteiger partial charge in [-0.15, -0.1) is 0 Å². The number of hydrogen-bond acceptors (Lipinski definition) is 4. The number of hydrogen-bond donors (Lipinski definition) is 1. The van der Waals surface area contributed by atoms with Gasteiger partial charge >= 0.3 is 0 Å². The van der Waals surface area contributed by atoms with Crippen molar-refractivity contribution in [3.05, 3.63) is 48.0 Å². The maximum atomic E-state index is 9.60. The lowest BCUT2D eigenvalue weighted by atomic mass is 10.2. The maximum absolute atomic E-state index is 9.60. The predicted molar refractivity (Wildman–Crippen MR) is 81.2 cm³/mol. The molecule has 0 atom stereocenters. The second-order valence-corrected chi connectivity index (χ2v) is 4.95. The zero-order valence-corrected chi connectivity index (χ0v) is 12.2. The van der Waals surface area contributed by atoms with Crippen molar-refractivity contribution in [2.45, 2.75) is 33.3 Å². The molecule has 1 aromatic carbocycles. The van der Waals surface area contributed by atoms with E-state index in [1.54, 1.807) is 0 Å². The Kier molecular flexibility index (Phi) is 4.69. The lowest BCUT2D eigenvalue weighted by Crippen LogP contribution is -2.19. The second-order valence-electron chi connectivity index (χ2n) is 4.95. The zero-order chi connectivity index (χ0) is 14.5. The summed E-state index contributed by atoms with van der Waals surface area (Å²) in [6.07, 6.45) is 1.81. The average molecular weight is 271 g/mol. The summed E-state index contributed by atoms with van der Waals surface area (Å²) in [6.45, 7) is 6.88. The third kappa shape index (κ3) is 2.96. The van der Waals surface area contributed by atoms with Crippen LogP contribution in [0.2, 0.25) is 0 Å². The summed E-state index contributed by atoms with van der Waals surface area (Å²) in [5, 5.41) is 9.60. The van der Waals surface area contributed by atoms with Gasteiger partial charge in [0.25, 0.3) is 0 Å². The van der Waals surface area contributed by atoms with Crippen LogP contribution in [0.1, 0.15) is 38.2 Å². The van der Waals surface area contributed by atoms with E-state index in [4.69, 9.17) is 0 Å². The predicted octanol–water partition coefficient (Wildman–Crippen LogP) is 3.25. The Morgan fingerprint density at radius 3 is 2.45 bits per heavy atom. The Bertz CT molecular complexity index is 555. The summed E-state index contributed by atoms with van der Waals surface area (Å²) < 4.78 is 0. The fourth-order valence-corrected chi connectivity index (χ4v) is 2.15. The molecule has 2 rings (SSSR count). The highest BCUT2D eigenvalue weighted by Crippen LogP contribution is 2.27. The molecule has 0 saturated carbocycles. The van der Waals surface area contributed by atoms with Crippen molar-refractivity contribution >= 4 is 11.4 Å². The molecule has 4 nitrogen and oxygen atoms in total. The minimum absolute atomic E-state index is 0.0824. The number of rotatable bonds is 5. The van der Waals surface area contributed by atoms with Crippen LogP contribution in [0.4, 0.5) is 11.4 Å². The summed E-state index contributed by atoms with van der Waals surface area (Å²) >= 11 is 0. The molecule has 0 aliphatic rings. The van der Waals surface area contributed by atoms with Gasteiger partial charge in [-0.2, -0.15) is 0 Å². The number of nitrogens with zero attached hydrogens (tertiary/aromatic N) is 3. The summed E-state index contributed by atoms with van der Waals surface area (Å²) in [4.78, 5) is 11.0. The summed E-state index contributed by atoms with van der Waals surface area (Å²) in [7, 11) is 0. The molecule has 1 heterocycles. The molecular weight excluding hydrogens is 250 g/mol. The highest BCUT2D eigenvalue weighted by atomic mass is 16.3. The van der Waals surface area contributed by atoms with Crippen molar-refractivity contribution in [3.8, 4) is 0 Å². The van der Waals surface area contributed by atoms with Crippen molar-refractivity contribution in [3.63, 3.8) is 0 Å². The van der Waals surface area contributed by atoms with E-state index in [9.17, 15) is 5.11 Å². The van der Waals surface area contributed by atoms with E-state index in [1.807, 2.05) is 50.4 Å². The highest BCUT2D eigenvalue weighted by Gasteiger charge is 2.15. The first kappa shape index (κ1) is 14.5. The molecule has 4 heteroatoms. The number of para-hydroxylation sites is 1. The molecule has 2 aromatic rings. The van der Waals surface area contributed by atoms with Gasteiger partial charge in [0.2, 0.25) is 0 Å². The van der Waals surface area contributed by atoms with Gasteiger partial charge in [-0.1, -0.05) is 32.0 Å². The third-order valence-electron chi connectivity index (χ3n) is 3.21. The molecule has 20 heavy (non-hydrogen) atoms. The first-order valence-electron chi connectivity index (χ1n) is 6.96. The monoisotopic (exact) mass is 271 g/mol. The number of aliphatic hydroxyl groups excluding tert-OH is 1. The molecule has 1 N–H and O–H groups in total. The van der Waals surface area contributed by atoms with Gasteiger partial charge in [-0.3, -0.25) is 0 Å². The number of aliphatic hydroxyl groups is 1.